The zero-order valence-corrected chi connectivity index (χ0v) is 13.1. The molecular formula is C14H13Cl2NO4. The van der Waals surface area contributed by atoms with E-state index in [1.165, 1.54) is 27.4 Å². The highest BCUT2D eigenvalue weighted by Crippen LogP contribution is 2.40. The maximum atomic E-state index is 12.5. The molecule has 0 aliphatic rings. The number of benzene rings is 1. The third kappa shape index (κ3) is 2.80. The molecule has 0 saturated carbocycles. The number of aromatic nitrogens is 1. The van der Waals surface area contributed by atoms with Crippen LogP contribution in [0.3, 0.4) is 0 Å². The van der Waals surface area contributed by atoms with E-state index >= 15 is 0 Å². The Labute approximate surface area is 131 Å². The van der Waals surface area contributed by atoms with Crippen LogP contribution in [0, 0.1) is 0 Å². The van der Waals surface area contributed by atoms with E-state index < -0.39 is 0 Å². The van der Waals surface area contributed by atoms with Crippen LogP contribution in [-0.2, 0) is 0 Å². The summed E-state index contributed by atoms with van der Waals surface area (Å²) in [5, 5.41) is 0.485. The van der Waals surface area contributed by atoms with Crippen LogP contribution < -0.4 is 14.2 Å². The molecule has 2 aromatic rings. The molecule has 5 nitrogen and oxygen atoms in total. The number of nitrogens with one attached hydrogen (secondary N) is 1. The maximum Gasteiger partial charge on any atom is 0.213 e. The first-order chi connectivity index (χ1) is 10.0. The molecule has 7 heteroatoms. The summed E-state index contributed by atoms with van der Waals surface area (Å²) in [6.07, 6.45) is 0. The third-order valence-electron chi connectivity index (χ3n) is 2.92. The molecule has 0 aliphatic heterocycles. The van der Waals surface area contributed by atoms with E-state index in [2.05, 4.69) is 4.98 Å². The van der Waals surface area contributed by atoms with Crippen LogP contribution in [0.1, 0.15) is 16.1 Å². The minimum atomic E-state index is -0.318. The Hall–Kier alpha value is -1.85. The molecule has 2 rings (SSSR count). The number of hydrogen-bond donors (Lipinski definition) is 1. The molecule has 0 amide bonds. The van der Waals surface area contributed by atoms with Gasteiger partial charge in [0.1, 0.15) is 5.15 Å². The van der Waals surface area contributed by atoms with Crippen molar-refractivity contribution in [2.45, 2.75) is 0 Å². The van der Waals surface area contributed by atoms with Crippen molar-refractivity contribution in [2.75, 3.05) is 21.3 Å². The lowest BCUT2D eigenvalue weighted by atomic mass is 10.1. The van der Waals surface area contributed by atoms with Crippen LogP contribution in [-0.4, -0.2) is 32.1 Å². The molecule has 0 spiro atoms. The highest BCUT2D eigenvalue weighted by molar-refractivity contribution is 6.41. The summed E-state index contributed by atoms with van der Waals surface area (Å²) >= 11 is 11.7. The summed E-state index contributed by atoms with van der Waals surface area (Å²) < 4.78 is 15.7. The number of hydrogen-bond acceptors (Lipinski definition) is 4. The molecule has 112 valence electrons. The summed E-state index contributed by atoms with van der Waals surface area (Å²) in [5.41, 5.74) is 0.570. The second kappa shape index (κ2) is 6.28. The molecule has 0 saturated heterocycles. The zero-order chi connectivity index (χ0) is 15.6. The van der Waals surface area contributed by atoms with Crippen LogP contribution in [0.25, 0.3) is 0 Å². The fourth-order valence-electron chi connectivity index (χ4n) is 1.95. The number of ketones is 1. The van der Waals surface area contributed by atoms with Gasteiger partial charge >= 0.3 is 0 Å². The standard InChI is InChI=1S/C14H13Cl2NO4/c1-19-10-5-4-7(12(20-2)13(10)21-3)11(18)9-6-8(15)14(16)17-9/h4-6,17H,1-3H3. The quantitative estimate of drug-likeness (QED) is 0.852. The van der Waals surface area contributed by atoms with Crippen LogP contribution in [0.5, 0.6) is 17.2 Å². The number of rotatable bonds is 5. The normalized spacial score (nSPS) is 10.3. The predicted molar refractivity (Wildman–Crippen MR) is 80.3 cm³/mol. The summed E-state index contributed by atoms with van der Waals surface area (Å²) in [5.74, 6) is 0.772. The molecule has 0 atom stereocenters. The summed E-state index contributed by atoms with van der Waals surface area (Å²) in [7, 11) is 4.42. The fraction of sp³-hybridized carbons (Fsp3) is 0.214. The number of carbonyl (C=O) groups is 1. The molecule has 0 fully saturated rings. The highest BCUT2D eigenvalue weighted by atomic mass is 35.5. The SMILES string of the molecule is COc1ccc(C(=O)c2cc(Cl)c(Cl)[nH]2)c(OC)c1OC. The van der Waals surface area contributed by atoms with Gasteiger partial charge in [-0.2, -0.15) is 0 Å². The van der Waals surface area contributed by atoms with E-state index in [4.69, 9.17) is 37.4 Å². The average Bonchev–Trinajstić information content (AvgIpc) is 2.84. The van der Waals surface area contributed by atoms with Gasteiger partial charge in [0.15, 0.2) is 11.5 Å². The Bertz CT molecular complexity index is 662. The summed E-state index contributed by atoms with van der Waals surface area (Å²) in [4.78, 5) is 15.3. The molecule has 0 unspecified atom stereocenters. The Morgan fingerprint density at radius 3 is 2.19 bits per heavy atom. The first-order valence-corrected chi connectivity index (χ1v) is 6.66. The number of halogens is 2. The number of ether oxygens (including phenoxy) is 3. The van der Waals surface area contributed by atoms with E-state index in [-0.39, 0.29) is 27.4 Å². The van der Waals surface area contributed by atoms with Gasteiger partial charge in [0.2, 0.25) is 11.5 Å². The van der Waals surface area contributed by atoms with Gasteiger partial charge in [-0.25, -0.2) is 0 Å². The minimum Gasteiger partial charge on any atom is -0.493 e. The first-order valence-electron chi connectivity index (χ1n) is 5.91. The summed E-state index contributed by atoms with van der Waals surface area (Å²) in [6.45, 7) is 0. The van der Waals surface area contributed by atoms with Crippen molar-refractivity contribution in [1.29, 1.82) is 0 Å². The van der Waals surface area contributed by atoms with Crippen molar-refractivity contribution in [3.05, 3.63) is 39.6 Å². The van der Waals surface area contributed by atoms with Crippen molar-refractivity contribution >= 4 is 29.0 Å². The van der Waals surface area contributed by atoms with Crippen LogP contribution in [0.15, 0.2) is 18.2 Å². The zero-order valence-electron chi connectivity index (χ0n) is 11.6. The summed E-state index contributed by atoms with van der Waals surface area (Å²) in [6, 6.07) is 4.67. The molecule has 1 aromatic heterocycles. The van der Waals surface area contributed by atoms with Crippen LogP contribution in [0.4, 0.5) is 0 Å². The van der Waals surface area contributed by atoms with Crippen LogP contribution >= 0.6 is 23.2 Å². The number of H-pyrrole nitrogens is 1. The van der Waals surface area contributed by atoms with Gasteiger partial charge < -0.3 is 19.2 Å². The van der Waals surface area contributed by atoms with Crippen LogP contribution in [0.2, 0.25) is 10.2 Å². The van der Waals surface area contributed by atoms with E-state index in [1.54, 1.807) is 12.1 Å². The molecule has 1 heterocycles. The van der Waals surface area contributed by atoms with E-state index in [9.17, 15) is 4.79 Å². The maximum absolute atomic E-state index is 12.5. The topological polar surface area (TPSA) is 60.6 Å². The number of aromatic amines is 1. The predicted octanol–water partition coefficient (Wildman–Crippen LogP) is 3.58. The number of methoxy groups -OCH3 is 3. The average molecular weight is 330 g/mol. The molecule has 1 N–H and O–H groups in total. The largest absolute Gasteiger partial charge is 0.493 e. The Kier molecular flexibility index (Phi) is 4.65. The van der Waals surface area contributed by atoms with Crippen molar-refractivity contribution in [1.82, 2.24) is 4.98 Å². The molecule has 21 heavy (non-hydrogen) atoms. The van der Waals surface area contributed by atoms with E-state index in [1.807, 2.05) is 0 Å². The molecule has 0 radical (unpaired) electrons. The second-order valence-corrected chi connectivity index (χ2v) is 4.84. The van der Waals surface area contributed by atoms with Gasteiger partial charge in [0, 0.05) is 0 Å². The first kappa shape index (κ1) is 15.5. The Morgan fingerprint density at radius 2 is 1.71 bits per heavy atom. The molecular weight excluding hydrogens is 317 g/mol. The lowest BCUT2D eigenvalue weighted by molar-refractivity contribution is 0.103. The third-order valence-corrected chi connectivity index (χ3v) is 3.61. The molecule has 0 bridgehead atoms. The smallest absolute Gasteiger partial charge is 0.213 e. The molecule has 1 aromatic carbocycles. The van der Waals surface area contributed by atoms with Gasteiger partial charge in [-0.1, -0.05) is 23.2 Å². The molecule has 0 aliphatic carbocycles. The van der Waals surface area contributed by atoms with Crippen molar-refractivity contribution in [3.63, 3.8) is 0 Å². The van der Waals surface area contributed by atoms with Crippen molar-refractivity contribution < 1.29 is 19.0 Å². The highest BCUT2D eigenvalue weighted by Gasteiger charge is 2.23. The van der Waals surface area contributed by atoms with Crippen molar-refractivity contribution in [2.24, 2.45) is 0 Å². The lowest BCUT2D eigenvalue weighted by Crippen LogP contribution is -2.06. The van der Waals surface area contributed by atoms with Gasteiger partial charge in [-0.15, -0.1) is 0 Å². The van der Waals surface area contributed by atoms with Crippen molar-refractivity contribution in [3.8, 4) is 17.2 Å². The second-order valence-electron chi connectivity index (χ2n) is 4.06. The van der Waals surface area contributed by atoms with Gasteiger partial charge in [-0.3, -0.25) is 4.79 Å². The Balaban J connectivity index is 2.55. The van der Waals surface area contributed by atoms with Gasteiger partial charge in [-0.05, 0) is 18.2 Å². The monoisotopic (exact) mass is 329 g/mol. The van der Waals surface area contributed by atoms with Gasteiger partial charge in [0.25, 0.3) is 0 Å². The minimum absolute atomic E-state index is 0.208. The lowest BCUT2D eigenvalue weighted by Gasteiger charge is -2.14. The fourth-order valence-corrected chi connectivity index (χ4v) is 2.26. The number of carbonyl (C=O) groups excluding carboxylic acids is 1. The Morgan fingerprint density at radius 1 is 1.05 bits per heavy atom. The van der Waals surface area contributed by atoms with E-state index in [0.29, 0.717) is 17.1 Å². The van der Waals surface area contributed by atoms with E-state index in [0.717, 1.165) is 0 Å². The van der Waals surface area contributed by atoms with Gasteiger partial charge in [0.05, 0.1) is 37.6 Å².